The Balaban J connectivity index is 1.81. The molecule has 0 amide bonds. The van der Waals surface area contributed by atoms with E-state index < -0.39 is 0 Å². The first kappa shape index (κ1) is 14.0. The number of nitro groups is 1. The summed E-state index contributed by atoms with van der Waals surface area (Å²) in [5.41, 5.74) is 6.75. The Labute approximate surface area is 112 Å². The largest absolute Gasteiger partial charge is 0.378 e. The number of nitrogens with two attached hydrogens (primary N) is 1. The fourth-order valence-corrected chi connectivity index (χ4v) is 2.49. The van der Waals surface area contributed by atoms with Gasteiger partial charge < -0.3 is 10.5 Å². The molecule has 104 valence electrons. The third kappa shape index (κ3) is 4.01. The van der Waals surface area contributed by atoms with Crippen LogP contribution in [-0.2, 0) is 11.2 Å². The van der Waals surface area contributed by atoms with Crippen LogP contribution in [0.15, 0.2) is 24.3 Å². The first-order valence-corrected chi connectivity index (χ1v) is 6.76. The van der Waals surface area contributed by atoms with Crippen LogP contribution >= 0.6 is 0 Å². The van der Waals surface area contributed by atoms with Crippen LogP contribution in [0.4, 0.5) is 5.69 Å². The van der Waals surface area contributed by atoms with Gasteiger partial charge in [0.1, 0.15) is 0 Å². The van der Waals surface area contributed by atoms with Gasteiger partial charge in [0.25, 0.3) is 5.69 Å². The monoisotopic (exact) mass is 264 g/mol. The average Bonchev–Trinajstić information content (AvgIpc) is 2.41. The van der Waals surface area contributed by atoms with Crippen molar-refractivity contribution in [3.05, 3.63) is 39.9 Å². The lowest BCUT2D eigenvalue weighted by atomic mass is 9.94. The lowest BCUT2D eigenvalue weighted by molar-refractivity contribution is -0.385. The first-order chi connectivity index (χ1) is 9.16. The van der Waals surface area contributed by atoms with Gasteiger partial charge in [0, 0.05) is 24.1 Å². The van der Waals surface area contributed by atoms with Crippen LogP contribution in [0.5, 0.6) is 0 Å². The van der Waals surface area contributed by atoms with E-state index in [4.69, 9.17) is 10.5 Å². The Morgan fingerprint density at radius 3 is 2.63 bits per heavy atom. The van der Waals surface area contributed by atoms with Gasteiger partial charge in [-0.3, -0.25) is 10.1 Å². The molecular weight excluding hydrogens is 244 g/mol. The molecule has 0 aromatic heterocycles. The second-order valence-electron chi connectivity index (χ2n) is 5.04. The SMILES string of the molecule is NC1CCC(OCCc2ccccc2[N+](=O)[O-])CC1. The van der Waals surface area contributed by atoms with E-state index in [2.05, 4.69) is 0 Å². The predicted molar refractivity (Wildman–Crippen MR) is 73.0 cm³/mol. The summed E-state index contributed by atoms with van der Waals surface area (Å²) < 4.78 is 5.79. The van der Waals surface area contributed by atoms with Crippen LogP contribution in [0.3, 0.4) is 0 Å². The molecule has 0 bridgehead atoms. The number of hydrogen-bond acceptors (Lipinski definition) is 4. The maximum Gasteiger partial charge on any atom is 0.272 e. The number of nitro benzene ring substituents is 1. The molecule has 1 aliphatic carbocycles. The Morgan fingerprint density at radius 1 is 1.26 bits per heavy atom. The molecule has 0 unspecified atom stereocenters. The highest BCUT2D eigenvalue weighted by atomic mass is 16.6. The van der Waals surface area contributed by atoms with Crippen LogP contribution in [0.1, 0.15) is 31.2 Å². The molecule has 0 atom stereocenters. The van der Waals surface area contributed by atoms with Crippen molar-refractivity contribution in [2.24, 2.45) is 5.73 Å². The van der Waals surface area contributed by atoms with Gasteiger partial charge in [0.2, 0.25) is 0 Å². The first-order valence-electron chi connectivity index (χ1n) is 6.76. The summed E-state index contributed by atoms with van der Waals surface area (Å²) in [5.74, 6) is 0. The van der Waals surface area contributed by atoms with E-state index in [1.165, 1.54) is 6.07 Å². The van der Waals surface area contributed by atoms with Gasteiger partial charge in [-0.15, -0.1) is 0 Å². The summed E-state index contributed by atoms with van der Waals surface area (Å²) in [7, 11) is 0. The van der Waals surface area contributed by atoms with Gasteiger partial charge >= 0.3 is 0 Å². The Hall–Kier alpha value is -1.46. The van der Waals surface area contributed by atoms with Crippen molar-refractivity contribution in [1.82, 2.24) is 0 Å². The summed E-state index contributed by atoms with van der Waals surface area (Å²) in [4.78, 5) is 10.5. The average molecular weight is 264 g/mol. The Kier molecular flexibility index (Phi) is 4.87. The second-order valence-corrected chi connectivity index (χ2v) is 5.04. The maximum absolute atomic E-state index is 10.9. The second kappa shape index (κ2) is 6.63. The lowest BCUT2D eigenvalue weighted by Gasteiger charge is -2.26. The van der Waals surface area contributed by atoms with Crippen molar-refractivity contribution in [3.63, 3.8) is 0 Å². The predicted octanol–water partition coefficient (Wildman–Crippen LogP) is 2.42. The maximum atomic E-state index is 10.9. The van der Waals surface area contributed by atoms with Crippen molar-refractivity contribution in [3.8, 4) is 0 Å². The third-order valence-corrected chi connectivity index (χ3v) is 3.63. The van der Waals surface area contributed by atoms with Crippen LogP contribution in [0.2, 0.25) is 0 Å². The van der Waals surface area contributed by atoms with Gasteiger partial charge in [-0.1, -0.05) is 18.2 Å². The van der Waals surface area contributed by atoms with E-state index in [0.717, 1.165) is 31.2 Å². The highest BCUT2D eigenvalue weighted by Crippen LogP contribution is 2.21. The van der Waals surface area contributed by atoms with E-state index in [-0.39, 0.29) is 16.7 Å². The zero-order valence-corrected chi connectivity index (χ0v) is 11.0. The summed E-state index contributed by atoms with van der Waals surface area (Å²) in [6, 6.07) is 7.15. The van der Waals surface area contributed by atoms with Crippen molar-refractivity contribution in [1.29, 1.82) is 0 Å². The fourth-order valence-electron chi connectivity index (χ4n) is 2.49. The quantitative estimate of drug-likeness (QED) is 0.654. The van der Waals surface area contributed by atoms with E-state index in [9.17, 15) is 10.1 Å². The topological polar surface area (TPSA) is 78.4 Å². The number of rotatable bonds is 5. The van der Waals surface area contributed by atoms with Crippen molar-refractivity contribution >= 4 is 5.69 Å². The summed E-state index contributed by atoms with van der Waals surface area (Å²) in [6.07, 6.45) is 4.87. The molecule has 19 heavy (non-hydrogen) atoms. The van der Waals surface area contributed by atoms with E-state index >= 15 is 0 Å². The van der Waals surface area contributed by atoms with E-state index in [1.807, 2.05) is 6.07 Å². The molecule has 5 nitrogen and oxygen atoms in total. The van der Waals surface area contributed by atoms with Crippen LogP contribution in [0, 0.1) is 10.1 Å². The Bertz CT molecular complexity index is 428. The van der Waals surface area contributed by atoms with E-state index in [1.54, 1.807) is 12.1 Å². The standard InChI is InChI=1S/C14H20N2O3/c15-12-5-7-13(8-6-12)19-10-9-11-3-1-2-4-14(11)16(17)18/h1-4,12-13H,5-10,15H2. The molecule has 0 radical (unpaired) electrons. The van der Waals surface area contributed by atoms with Crippen LogP contribution in [-0.4, -0.2) is 23.7 Å². The number of nitrogens with zero attached hydrogens (tertiary/aromatic N) is 1. The van der Waals surface area contributed by atoms with Crippen LogP contribution < -0.4 is 5.73 Å². The van der Waals surface area contributed by atoms with Gasteiger partial charge in [0.15, 0.2) is 0 Å². The number of ether oxygens (including phenoxy) is 1. The minimum atomic E-state index is -0.338. The van der Waals surface area contributed by atoms with Gasteiger partial charge in [-0.05, 0) is 25.7 Å². The van der Waals surface area contributed by atoms with Gasteiger partial charge in [-0.2, -0.15) is 0 Å². The zero-order valence-electron chi connectivity index (χ0n) is 11.0. The normalized spacial score (nSPS) is 23.2. The molecule has 0 heterocycles. The number of hydrogen-bond donors (Lipinski definition) is 1. The molecule has 1 saturated carbocycles. The molecule has 5 heteroatoms. The summed E-state index contributed by atoms with van der Waals surface area (Å²) >= 11 is 0. The molecule has 1 aromatic carbocycles. The summed E-state index contributed by atoms with van der Waals surface area (Å²) in [5, 5.41) is 10.9. The number of para-hydroxylation sites is 1. The van der Waals surface area contributed by atoms with Crippen molar-refractivity contribution < 1.29 is 9.66 Å². The molecule has 1 aliphatic rings. The lowest BCUT2D eigenvalue weighted by Crippen LogP contribution is -2.30. The zero-order chi connectivity index (χ0) is 13.7. The van der Waals surface area contributed by atoms with Gasteiger partial charge in [-0.25, -0.2) is 0 Å². The number of benzene rings is 1. The third-order valence-electron chi connectivity index (χ3n) is 3.63. The molecule has 1 aromatic rings. The highest BCUT2D eigenvalue weighted by molar-refractivity contribution is 5.39. The fraction of sp³-hybridized carbons (Fsp3) is 0.571. The smallest absolute Gasteiger partial charge is 0.272 e. The van der Waals surface area contributed by atoms with Crippen LogP contribution in [0.25, 0.3) is 0 Å². The minimum Gasteiger partial charge on any atom is -0.378 e. The molecule has 0 aliphatic heterocycles. The summed E-state index contributed by atoms with van der Waals surface area (Å²) in [6.45, 7) is 0.532. The molecule has 2 rings (SSSR count). The van der Waals surface area contributed by atoms with E-state index in [0.29, 0.717) is 19.1 Å². The van der Waals surface area contributed by atoms with Crippen molar-refractivity contribution in [2.45, 2.75) is 44.2 Å². The van der Waals surface area contributed by atoms with Gasteiger partial charge in [0.05, 0.1) is 17.6 Å². The van der Waals surface area contributed by atoms with Crippen molar-refractivity contribution in [2.75, 3.05) is 6.61 Å². The molecule has 0 saturated heterocycles. The minimum absolute atomic E-state index is 0.178. The molecule has 1 fully saturated rings. The molecule has 0 spiro atoms. The Morgan fingerprint density at radius 2 is 1.95 bits per heavy atom. The highest BCUT2D eigenvalue weighted by Gasteiger charge is 2.19. The molecule has 2 N–H and O–H groups in total. The molecular formula is C14H20N2O3.